The fourth-order valence-electron chi connectivity index (χ4n) is 1.12. The van der Waals surface area contributed by atoms with Crippen LogP contribution >= 0.6 is 31.9 Å². The van der Waals surface area contributed by atoms with E-state index in [4.69, 9.17) is 0 Å². The number of rotatable bonds is 0. The van der Waals surface area contributed by atoms with E-state index >= 15 is 0 Å². The van der Waals surface area contributed by atoms with Gasteiger partial charge in [0.05, 0.1) is 0 Å². The molecule has 13 heavy (non-hydrogen) atoms. The average molecular weight is 309 g/mol. The summed E-state index contributed by atoms with van der Waals surface area (Å²) in [6.07, 6.45) is -1.18. The fraction of sp³-hybridized carbons (Fsp3) is 0.143. The number of aromatic nitrogens is 1. The van der Waals surface area contributed by atoms with Crippen LogP contribution in [0.3, 0.4) is 0 Å². The standard InChI is InChI=1S/C7H3Br2NO3/c8-3-1-2-4(5(9)10-3)7(12)13-6(2)11/h1,6,11H/t6-/m0/s1. The highest BCUT2D eigenvalue weighted by Crippen LogP contribution is 2.34. The second-order valence-corrected chi connectivity index (χ2v) is 4.02. The summed E-state index contributed by atoms with van der Waals surface area (Å²) >= 11 is 6.26. The van der Waals surface area contributed by atoms with Crippen molar-refractivity contribution >= 4 is 37.8 Å². The number of aliphatic hydroxyl groups excluding tert-OH is 1. The summed E-state index contributed by atoms with van der Waals surface area (Å²) in [6, 6.07) is 1.55. The lowest BCUT2D eigenvalue weighted by Gasteiger charge is -2.01. The van der Waals surface area contributed by atoms with E-state index in [-0.39, 0.29) is 5.56 Å². The molecule has 0 aliphatic carbocycles. The molecule has 0 spiro atoms. The van der Waals surface area contributed by atoms with Crippen molar-refractivity contribution in [3.63, 3.8) is 0 Å². The Morgan fingerprint density at radius 1 is 1.54 bits per heavy atom. The molecule has 1 aliphatic rings. The van der Waals surface area contributed by atoms with Gasteiger partial charge < -0.3 is 9.84 Å². The van der Waals surface area contributed by atoms with Crippen LogP contribution in [0, 0.1) is 0 Å². The molecule has 4 nitrogen and oxygen atoms in total. The first-order valence-electron chi connectivity index (χ1n) is 3.34. The smallest absolute Gasteiger partial charge is 0.343 e. The Bertz CT molecular complexity index is 394. The van der Waals surface area contributed by atoms with Crippen molar-refractivity contribution < 1.29 is 14.6 Å². The zero-order valence-electron chi connectivity index (χ0n) is 6.12. The monoisotopic (exact) mass is 307 g/mol. The van der Waals surface area contributed by atoms with E-state index in [2.05, 4.69) is 41.6 Å². The van der Waals surface area contributed by atoms with Crippen molar-refractivity contribution in [1.29, 1.82) is 0 Å². The summed E-state index contributed by atoms with van der Waals surface area (Å²) in [5, 5.41) is 9.29. The van der Waals surface area contributed by atoms with Crippen LogP contribution in [0.25, 0.3) is 0 Å². The third kappa shape index (κ3) is 1.38. The highest BCUT2D eigenvalue weighted by molar-refractivity contribution is 9.11. The molecular formula is C7H3Br2NO3. The van der Waals surface area contributed by atoms with E-state index in [1.54, 1.807) is 6.07 Å². The van der Waals surface area contributed by atoms with E-state index in [1.165, 1.54) is 0 Å². The first-order valence-corrected chi connectivity index (χ1v) is 4.93. The lowest BCUT2D eigenvalue weighted by Crippen LogP contribution is -1.97. The van der Waals surface area contributed by atoms with E-state index in [9.17, 15) is 9.90 Å². The van der Waals surface area contributed by atoms with Crippen LogP contribution in [-0.4, -0.2) is 16.1 Å². The van der Waals surface area contributed by atoms with E-state index in [0.29, 0.717) is 14.8 Å². The summed E-state index contributed by atoms with van der Waals surface area (Å²) in [5.41, 5.74) is 0.717. The maximum atomic E-state index is 11.1. The summed E-state index contributed by atoms with van der Waals surface area (Å²) in [7, 11) is 0. The van der Waals surface area contributed by atoms with Crippen LogP contribution < -0.4 is 0 Å². The lowest BCUT2D eigenvalue weighted by molar-refractivity contribution is -0.0548. The number of esters is 1. The molecule has 0 unspecified atom stereocenters. The van der Waals surface area contributed by atoms with Gasteiger partial charge in [-0.3, -0.25) is 0 Å². The minimum absolute atomic E-state index is 0.288. The van der Waals surface area contributed by atoms with E-state index in [0.717, 1.165) is 0 Å². The van der Waals surface area contributed by atoms with Crippen molar-refractivity contribution in [1.82, 2.24) is 4.98 Å². The predicted octanol–water partition coefficient (Wildman–Crippen LogP) is 1.77. The number of ether oxygens (including phenoxy) is 1. The summed E-state index contributed by atoms with van der Waals surface area (Å²) in [4.78, 5) is 15.1. The average Bonchev–Trinajstić information content (AvgIpc) is 2.27. The highest BCUT2D eigenvalue weighted by atomic mass is 79.9. The molecule has 1 aromatic rings. The van der Waals surface area contributed by atoms with Gasteiger partial charge in [0, 0.05) is 5.56 Å². The maximum Gasteiger partial charge on any atom is 0.343 e. The molecule has 6 heteroatoms. The first kappa shape index (κ1) is 9.11. The van der Waals surface area contributed by atoms with Crippen molar-refractivity contribution in [2.75, 3.05) is 0 Å². The second kappa shape index (κ2) is 3.04. The molecule has 0 fully saturated rings. The second-order valence-electron chi connectivity index (χ2n) is 2.46. The van der Waals surface area contributed by atoms with Crippen LogP contribution in [0.4, 0.5) is 0 Å². The molecule has 0 amide bonds. The van der Waals surface area contributed by atoms with Gasteiger partial charge >= 0.3 is 5.97 Å². The molecule has 1 N–H and O–H groups in total. The van der Waals surface area contributed by atoms with Gasteiger partial charge in [0.25, 0.3) is 0 Å². The quantitative estimate of drug-likeness (QED) is 0.586. The number of carbonyl (C=O) groups is 1. The minimum atomic E-state index is -1.18. The highest BCUT2D eigenvalue weighted by Gasteiger charge is 2.32. The van der Waals surface area contributed by atoms with Crippen LogP contribution in [0.1, 0.15) is 22.2 Å². The van der Waals surface area contributed by atoms with Crippen molar-refractivity contribution in [2.45, 2.75) is 6.29 Å². The Morgan fingerprint density at radius 3 is 2.92 bits per heavy atom. The summed E-state index contributed by atoms with van der Waals surface area (Å²) in [6.45, 7) is 0. The molecule has 0 bridgehead atoms. The van der Waals surface area contributed by atoms with Gasteiger partial charge in [0.15, 0.2) is 0 Å². The largest absolute Gasteiger partial charge is 0.428 e. The molecule has 1 aromatic heterocycles. The van der Waals surface area contributed by atoms with E-state index < -0.39 is 12.3 Å². The zero-order valence-corrected chi connectivity index (χ0v) is 9.29. The van der Waals surface area contributed by atoms with Crippen LogP contribution in [0.5, 0.6) is 0 Å². The SMILES string of the molecule is O=C1O[C@H](O)c2cc(Br)nc(Br)c21. The molecular weight excluding hydrogens is 306 g/mol. The molecule has 0 radical (unpaired) electrons. The predicted molar refractivity (Wildman–Crippen MR) is 50.0 cm³/mol. The number of halogens is 2. The van der Waals surface area contributed by atoms with Crippen molar-refractivity contribution in [3.8, 4) is 0 Å². The third-order valence-electron chi connectivity index (χ3n) is 1.66. The van der Waals surface area contributed by atoms with E-state index in [1.807, 2.05) is 0 Å². The number of nitrogens with zero attached hydrogens (tertiary/aromatic N) is 1. The van der Waals surface area contributed by atoms with Gasteiger partial charge in [-0.05, 0) is 37.9 Å². The van der Waals surface area contributed by atoms with Crippen molar-refractivity contribution in [2.24, 2.45) is 0 Å². The van der Waals surface area contributed by atoms with Gasteiger partial charge in [-0.2, -0.15) is 0 Å². The topological polar surface area (TPSA) is 59.4 Å². The number of cyclic esters (lactones) is 1. The maximum absolute atomic E-state index is 11.1. The van der Waals surface area contributed by atoms with Gasteiger partial charge in [0.2, 0.25) is 6.29 Å². The molecule has 2 rings (SSSR count). The van der Waals surface area contributed by atoms with Gasteiger partial charge in [-0.1, -0.05) is 0 Å². The molecule has 1 aliphatic heterocycles. The lowest BCUT2D eigenvalue weighted by atomic mass is 10.2. The van der Waals surface area contributed by atoms with Gasteiger partial charge in [-0.25, -0.2) is 9.78 Å². The van der Waals surface area contributed by atoms with Gasteiger partial charge in [-0.15, -0.1) is 0 Å². The number of carbonyl (C=O) groups excluding carboxylic acids is 1. The third-order valence-corrected chi connectivity index (χ3v) is 2.64. The van der Waals surface area contributed by atoms with Gasteiger partial charge in [0.1, 0.15) is 14.8 Å². The zero-order chi connectivity index (χ0) is 9.59. The Hall–Kier alpha value is -0.460. The Kier molecular flexibility index (Phi) is 2.13. The molecule has 2 heterocycles. The Morgan fingerprint density at radius 2 is 2.23 bits per heavy atom. The van der Waals surface area contributed by atoms with Crippen LogP contribution in [0.2, 0.25) is 0 Å². The normalized spacial score (nSPS) is 19.9. The minimum Gasteiger partial charge on any atom is -0.428 e. The Balaban J connectivity index is 2.69. The number of fused-ring (bicyclic) bond motifs is 1. The molecule has 0 saturated carbocycles. The number of hydrogen-bond donors (Lipinski definition) is 1. The molecule has 1 atom stereocenters. The van der Waals surface area contributed by atoms with Crippen LogP contribution in [-0.2, 0) is 4.74 Å². The first-order chi connectivity index (χ1) is 6.09. The van der Waals surface area contributed by atoms with Crippen molar-refractivity contribution in [3.05, 3.63) is 26.4 Å². The number of hydrogen-bond acceptors (Lipinski definition) is 4. The molecule has 68 valence electrons. The molecule has 0 aromatic carbocycles. The molecule has 0 saturated heterocycles. The van der Waals surface area contributed by atoms with Crippen LogP contribution in [0.15, 0.2) is 15.3 Å². The Labute approximate surface area is 90.2 Å². The fourth-order valence-corrected chi connectivity index (χ4v) is 2.37. The number of aliphatic hydroxyl groups is 1. The summed E-state index contributed by atoms with van der Waals surface area (Å²) in [5.74, 6) is -0.561. The number of pyridine rings is 1. The summed E-state index contributed by atoms with van der Waals surface area (Å²) < 4.78 is 5.50.